The zero-order valence-corrected chi connectivity index (χ0v) is 15.6. The number of nitrogens with one attached hydrogen (secondary N) is 1. The Kier molecular flexibility index (Phi) is 5.81. The van der Waals surface area contributed by atoms with Crippen LogP contribution in [-0.4, -0.2) is 12.5 Å². The van der Waals surface area contributed by atoms with Gasteiger partial charge in [0.05, 0.1) is 5.56 Å². The lowest BCUT2D eigenvalue weighted by molar-refractivity contribution is 0.0951. The van der Waals surface area contributed by atoms with Crippen molar-refractivity contribution in [2.75, 3.05) is 6.54 Å². The molecule has 1 N–H and O–H groups in total. The first-order chi connectivity index (χ1) is 12.1. The second-order valence-electron chi connectivity index (χ2n) is 5.71. The van der Waals surface area contributed by atoms with Crippen molar-refractivity contribution in [1.29, 1.82) is 0 Å². The summed E-state index contributed by atoms with van der Waals surface area (Å²) in [4.78, 5) is 12.5. The summed E-state index contributed by atoms with van der Waals surface area (Å²) in [6.45, 7) is 0.444. The van der Waals surface area contributed by atoms with Gasteiger partial charge in [-0.2, -0.15) is 0 Å². The minimum absolute atomic E-state index is 0.0394. The lowest BCUT2D eigenvalue weighted by Gasteiger charge is -2.19. The van der Waals surface area contributed by atoms with Crippen LogP contribution in [0.1, 0.15) is 27.4 Å². The zero-order valence-electron chi connectivity index (χ0n) is 13.5. The van der Waals surface area contributed by atoms with Crippen molar-refractivity contribution >= 4 is 28.5 Å². The summed E-state index contributed by atoms with van der Waals surface area (Å²) in [5.74, 6) is -0.633. The monoisotopic (exact) mass is 445 g/mol. The van der Waals surface area contributed by atoms with Crippen LogP contribution >= 0.6 is 22.6 Å². The first kappa shape index (κ1) is 17.6. The highest BCUT2D eigenvalue weighted by atomic mass is 127. The van der Waals surface area contributed by atoms with Crippen LogP contribution in [0, 0.1) is 9.39 Å². The average molecular weight is 445 g/mol. The maximum Gasteiger partial charge on any atom is 0.252 e. The van der Waals surface area contributed by atoms with Gasteiger partial charge < -0.3 is 5.32 Å². The second-order valence-corrected chi connectivity index (χ2v) is 6.87. The third-order valence-corrected chi connectivity index (χ3v) is 4.98. The van der Waals surface area contributed by atoms with Gasteiger partial charge in [-0.3, -0.25) is 4.79 Å². The number of hydrogen-bond acceptors (Lipinski definition) is 1. The first-order valence-corrected chi connectivity index (χ1v) is 9.06. The standard InChI is InChI=1S/C21H17FINO/c22-17-11-12-20(23)18(13-17)21(25)24-14-19(15-7-3-1-4-8-15)16-9-5-2-6-10-16/h1-13,19H,14H2,(H,24,25). The van der Waals surface area contributed by atoms with Crippen LogP contribution in [0.4, 0.5) is 4.39 Å². The minimum Gasteiger partial charge on any atom is -0.351 e. The molecule has 3 aromatic rings. The lowest BCUT2D eigenvalue weighted by atomic mass is 9.91. The van der Waals surface area contributed by atoms with Gasteiger partial charge in [-0.1, -0.05) is 60.7 Å². The quantitative estimate of drug-likeness (QED) is 0.551. The van der Waals surface area contributed by atoms with Crippen LogP contribution in [0.5, 0.6) is 0 Å². The highest BCUT2D eigenvalue weighted by Crippen LogP contribution is 2.24. The highest BCUT2D eigenvalue weighted by Gasteiger charge is 2.17. The van der Waals surface area contributed by atoms with Crippen molar-refractivity contribution < 1.29 is 9.18 Å². The fourth-order valence-corrected chi connectivity index (χ4v) is 3.34. The maximum absolute atomic E-state index is 13.5. The van der Waals surface area contributed by atoms with Crippen molar-refractivity contribution in [3.8, 4) is 0 Å². The molecule has 25 heavy (non-hydrogen) atoms. The molecule has 0 saturated carbocycles. The van der Waals surface area contributed by atoms with Gasteiger partial charge in [-0.15, -0.1) is 0 Å². The third kappa shape index (κ3) is 4.45. The van der Waals surface area contributed by atoms with Crippen LogP contribution in [0.15, 0.2) is 78.9 Å². The molecular weight excluding hydrogens is 428 g/mol. The number of carbonyl (C=O) groups excluding carboxylic acids is 1. The van der Waals surface area contributed by atoms with E-state index in [0.717, 1.165) is 14.7 Å². The fourth-order valence-electron chi connectivity index (χ4n) is 2.76. The van der Waals surface area contributed by atoms with Gasteiger partial charge in [0, 0.05) is 16.0 Å². The summed E-state index contributed by atoms with van der Waals surface area (Å²) in [6.07, 6.45) is 0. The molecule has 0 radical (unpaired) electrons. The van der Waals surface area contributed by atoms with Crippen LogP contribution < -0.4 is 5.32 Å². The number of amides is 1. The number of hydrogen-bond donors (Lipinski definition) is 1. The van der Waals surface area contributed by atoms with Crippen molar-refractivity contribution in [3.05, 3.63) is 105 Å². The molecule has 0 saturated heterocycles. The van der Waals surface area contributed by atoms with E-state index in [1.165, 1.54) is 12.1 Å². The molecule has 0 aliphatic rings. The molecule has 0 fully saturated rings. The summed E-state index contributed by atoms with van der Waals surface area (Å²) in [6, 6.07) is 24.3. The van der Waals surface area contributed by atoms with E-state index in [1.54, 1.807) is 6.07 Å². The van der Waals surface area contributed by atoms with Gasteiger partial charge in [-0.05, 0) is 51.9 Å². The van der Waals surface area contributed by atoms with E-state index < -0.39 is 5.82 Å². The third-order valence-electron chi connectivity index (χ3n) is 4.04. The van der Waals surface area contributed by atoms with Crippen molar-refractivity contribution in [2.24, 2.45) is 0 Å². The Morgan fingerprint density at radius 3 is 2.04 bits per heavy atom. The van der Waals surface area contributed by atoms with E-state index in [9.17, 15) is 9.18 Å². The molecule has 3 rings (SSSR count). The molecule has 0 aliphatic carbocycles. The van der Waals surface area contributed by atoms with E-state index >= 15 is 0 Å². The van der Waals surface area contributed by atoms with Gasteiger partial charge >= 0.3 is 0 Å². The van der Waals surface area contributed by atoms with Crippen molar-refractivity contribution in [2.45, 2.75) is 5.92 Å². The number of benzene rings is 3. The van der Waals surface area contributed by atoms with Gasteiger partial charge in [0.15, 0.2) is 0 Å². The van der Waals surface area contributed by atoms with Crippen LogP contribution in [-0.2, 0) is 0 Å². The largest absolute Gasteiger partial charge is 0.351 e. The molecule has 0 aliphatic heterocycles. The normalized spacial score (nSPS) is 10.7. The van der Waals surface area contributed by atoms with E-state index in [4.69, 9.17) is 0 Å². The predicted molar refractivity (Wildman–Crippen MR) is 106 cm³/mol. The smallest absolute Gasteiger partial charge is 0.252 e. The minimum atomic E-state index is -0.409. The number of rotatable bonds is 5. The number of halogens is 2. The van der Waals surface area contributed by atoms with Crippen LogP contribution in [0.25, 0.3) is 0 Å². The van der Waals surface area contributed by atoms with Crippen LogP contribution in [0.2, 0.25) is 0 Å². The van der Waals surface area contributed by atoms with Crippen molar-refractivity contribution in [3.63, 3.8) is 0 Å². The molecule has 3 aromatic carbocycles. The Morgan fingerprint density at radius 1 is 0.920 bits per heavy atom. The predicted octanol–water partition coefficient (Wildman–Crippen LogP) is 4.99. The molecular formula is C21H17FINO. The summed E-state index contributed by atoms with van der Waals surface area (Å²) in [5.41, 5.74) is 2.62. The van der Waals surface area contributed by atoms with Gasteiger partial charge in [-0.25, -0.2) is 4.39 Å². The Hall–Kier alpha value is -2.21. The van der Waals surface area contributed by atoms with Gasteiger partial charge in [0.2, 0.25) is 0 Å². The fraction of sp³-hybridized carbons (Fsp3) is 0.0952. The molecule has 0 aromatic heterocycles. The average Bonchev–Trinajstić information content (AvgIpc) is 2.65. The van der Waals surface area contributed by atoms with E-state index in [0.29, 0.717) is 12.1 Å². The lowest BCUT2D eigenvalue weighted by Crippen LogP contribution is -2.29. The molecule has 4 heteroatoms. The Bertz CT molecular complexity index is 813. The summed E-state index contributed by atoms with van der Waals surface area (Å²) < 4.78 is 14.2. The van der Waals surface area contributed by atoms with Gasteiger partial charge in [0.1, 0.15) is 5.82 Å². The molecule has 2 nitrogen and oxygen atoms in total. The first-order valence-electron chi connectivity index (χ1n) is 7.98. The Balaban J connectivity index is 1.82. The molecule has 0 atom stereocenters. The van der Waals surface area contributed by atoms with Crippen LogP contribution in [0.3, 0.4) is 0 Å². The highest BCUT2D eigenvalue weighted by molar-refractivity contribution is 14.1. The Morgan fingerprint density at radius 2 is 1.48 bits per heavy atom. The molecule has 0 spiro atoms. The van der Waals surface area contributed by atoms with Gasteiger partial charge in [0.25, 0.3) is 5.91 Å². The SMILES string of the molecule is O=C(NCC(c1ccccc1)c1ccccc1)c1cc(F)ccc1I. The molecule has 0 bridgehead atoms. The molecule has 0 unspecified atom stereocenters. The van der Waals surface area contributed by atoms with E-state index in [1.807, 2.05) is 59.0 Å². The molecule has 126 valence electrons. The topological polar surface area (TPSA) is 29.1 Å². The summed E-state index contributed by atoms with van der Waals surface area (Å²) in [7, 11) is 0. The molecule has 0 heterocycles. The zero-order chi connectivity index (χ0) is 17.6. The maximum atomic E-state index is 13.5. The Labute approximate surface area is 160 Å². The van der Waals surface area contributed by atoms with Crippen molar-refractivity contribution in [1.82, 2.24) is 5.32 Å². The van der Waals surface area contributed by atoms with E-state index in [2.05, 4.69) is 29.6 Å². The second kappa shape index (κ2) is 8.25. The summed E-state index contributed by atoms with van der Waals surface area (Å²) in [5, 5.41) is 2.95. The van der Waals surface area contributed by atoms with E-state index in [-0.39, 0.29) is 11.8 Å². The molecule has 1 amide bonds. The summed E-state index contributed by atoms with van der Waals surface area (Å²) >= 11 is 2.04. The number of carbonyl (C=O) groups is 1.